The van der Waals surface area contributed by atoms with Crippen molar-refractivity contribution in [1.29, 1.82) is 0 Å². The molecule has 2 aliphatic carbocycles. The van der Waals surface area contributed by atoms with E-state index in [0.29, 0.717) is 18.2 Å². The van der Waals surface area contributed by atoms with Crippen molar-refractivity contribution in [2.45, 2.75) is 81.0 Å². The molecule has 0 spiro atoms. The Bertz CT molecular complexity index is 1440. The fraction of sp³-hybridized carbons (Fsp3) is 0.444. The summed E-state index contributed by atoms with van der Waals surface area (Å²) in [5.74, 6) is 0.374. The first-order valence-electron chi connectivity index (χ1n) is 12.8. The predicted octanol–water partition coefficient (Wildman–Crippen LogP) is 5.69. The van der Waals surface area contributed by atoms with Crippen LogP contribution in [0.5, 0.6) is 0 Å². The Balaban J connectivity index is 1.50. The van der Waals surface area contributed by atoms with Crippen LogP contribution in [0.4, 0.5) is 17.3 Å². The molecule has 8 nitrogen and oxygen atoms in total. The van der Waals surface area contributed by atoms with Crippen LogP contribution in [0.2, 0.25) is 25.7 Å². The molecule has 5 rings (SSSR count). The molecule has 1 N–H and O–H groups in total. The monoisotopic (exact) mass is 535 g/mol. The molecule has 37 heavy (non-hydrogen) atoms. The molecular weight excluding hydrogens is 502 g/mol. The number of fused-ring (bicyclic) bond motifs is 2. The van der Waals surface area contributed by atoms with Gasteiger partial charge in [0.15, 0.2) is 5.69 Å². The number of hydrogen-bond acceptors (Lipinski definition) is 6. The Labute approximate surface area is 219 Å². The lowest BCUT2D eigenvalue weighted by Gasteiger charge is -2.18. The second-order valence-corrected chi connectivity index (χ2v) is 18.5. The number of rotatable bonds is 9. The maximum Gasteiger partial charge on any atom is 0.273 e. The average molecular weight is 536 g/mol. The van der Waals surface area contributed by atoms with Gasteiger partial charge in [-0.25, -0.2) is 17.9 Å². The number of nitrogens with zero attached hydrogens (tertiary/aromatic N) is 4. The molecule has 0 unspecified atom stereocenters. The smallest absolute Gasteiger partial charge is 0.273 e. The summed E-state index contributed by atoms with van der Waals surface area (Å²) in [5.41, 5.74) is 6.84. The van der Waals surface area contributed by atoms with Crippen LogP contribution in [0.15, 0.2) is 40.4 Å². The topological polar surface area (TPSA) is 90.5 Å². The largest absolute Gasteiger partial charge is 0.359 e. The Morgan fingerprint density at radius 3 is 2.30 bits per heavy atom. The quantitative estimate of drug-likeness (QED) is 0.215. The molecular formula is C27H33N5O3SSi. The van der Waals surface area contributed by atoms with Crippen molar-refractivity contribution >= 4 is 35.2 Å². The molecule has 10 heteroatoms. The fourth-order valence-electron chi connectivity index (χ4n) is 5.03. The van der Waals surface area contributed by atoms with E-state index in [1.807, 2.05) is 0 Å². The highest BCUT2D eigenvalue weighted by molar-refractivity contribution is 7.91. The van der Waals surface area contributed by atoms with Crippen LogP contribution in [0.3, 0.4) is 0 Å². The van der Waals surface area contributed by atoms with E-state index >= 15 is 0 Å². The molecule has 1 aromatic heterocycles. The molecule has 0 fully saturated rings. The fourth-order valence-corrected chi connectivity index (χ4v) is 6.91. The van der Waals surface area contributed by atoms with Crippen molar-refractivity contribution in [3.63, 3.8) is 0 Å². The minimum atomic E-state index is -3.97. The SMILES string of the molecule is [C-]#[N+]c1ccc(S(=O)(=O)c2nc(Nc3c4c(cc5c3CCC5)CCC4)n(COCC[Si](C)(C)C)n2)cc1. The summed E-state index contributed by atoms with van der Waals surface area (Å²) in [4.78, 5) is 7.90. The van der Waals surface area contributed by atoms with Gasteiger partial charge >= 0.3 is 0 Å². The van der Waals surface area contributed by atoms with E-state index < -0.39 is 17.9 Å². The standard InChI is InChI=1S/C27H33N5O3SSi/c1-28-21-11-13-22(14-12-21)36(33,34)27-30-26(32(31-27)18-35-15-16-37(2,3)4)29-25-23-9-5-7-19(23)17-20-8-6-10-24(20)25/h11-14,17H,5-10,15-16,18H2,2-4H3,(H,29,30,31). The first-order chi connectivity index (χ1) is 17.7. The van der Waals surface area contributed by atoms with Gasteiger partial charge in [-0.2, -0.15) is 4.98 Å². The van der Waals surface area contributed by atoms with Crippen molar-refractivity contribution < 1.29 is 13.2 Å². The summed E-state index contributed by atoms with van der Waals surface area (Å²) in [6.07, 6.45) is 6.40. The Morgan fingerprint density at radius 2 is 1.70 bits per heavy atom. The zero-order chi connectivity index (χ0) is 26.2. The first-order valence-corrected chi connectivity index (χ1v) is 18.0. The number of aromatic nitrogens is 3. The van der Waals surface area contributed by atoms with Crippen molar-refractivity contribution in [2.24, 2.45) is 0 Å². The van der Waals surface area contributed by atoms with E-state index in [2.05, 4.69) is 46.0 Å². The van der Waals surface area contributed by atoms with Gasteiger partial charge in [-0.3, -0.25) is 0 Å². The summed E-state index contributed by atoms with van der Waals surface area (Å²) in [6, 6.07) is 9.21. The molecule has 0 aliphatic heterocycles. The number of sulfone groups is 1. The van der Waals surface area contributed by atoms with Crippen LogP contribution < -0.4 is 5.32 Å². The molecule has 3 aromatic rings. The molecule has 2 aliphatic rings. The lowest BCUT2D eigenvalue weighted by atomic mass is 9.99. The zero-order valence-electron chi connectivity index (χ0n) is 21.7. The van der Waals surface area contributed by atoms with Gasteiger partial charge in [0.25, 0.3) is 5.16 Å². The summed E-state index contributed by atoms with van der Waals surface area (Å²) in [6.45, 7) is 14.7. The van der Waals surface area contributed by atoms with Crippen LogP contribution in [0.1, 0.15) is 35.1 Å². The molecule has 1 heterocycles. The van der Waals surface area contributed by atoms with Gasteiger partial charge in [-0.1, -0.05) is 50.0 Å². The summed E-state index contributed by atoms with van der Waals surface area (Å²) in [7, 11) is -5.24. The Hall–Kier alpha value is -3.00. The van der Waals surface area contributed by atoms with Crippen molar-refractivity contribution in [1.82, 2.24) is 14.8 Å². The maximum absolute atomic E-state index is 13.4. The molecule has 194 valence electrons. The van der Waals surface area contributed by atoms with Crippen LogP contribution in [0, 0.1) is 6.57 Å². The summed E-state index contributed by atoms with van der Waals surface area (Å²) < 4.78 is 34.3. The van der Waals surface area contributed by atoms with E-state index in [1.165, 1.54) is 51.2 Å². The van der Waals surface area contributed by atoms with Gasteiger partial charge in [0.1, 0.15) is 6.73 Å². The van der Waals surface area contributed by atoms with Crippen LogP contribution in [-0.4, -0.2) is 37.9 Å². The van der Waals surface area contributed by atoms with Gasteiger partial charge < -0.3 is 10.1 Å². The molecule has 2 aromatic carbocycles. The molecule has 0 saturated carbocycles. The summed E-state index contributed by atoms with van der Waals surface area (Å²) in [5, 5.41) is 7.63. The van der Waals surface area contributed by atoms with E-state index in [4.69, 9.17) is 11.3 Å². The summed E-state index contributed by atoms with van der Waals surface area (Å²) >= 11 is 0. The highest BCUT2D eigenvalue weighted by Gasteiger charge is 2.28. The lowest BCUT2D eigenvalue weighted by Crippen LogP contribution is -2.22. The molecule has 0 atom stereocenters. The van der Waals surface area contributed by atoms with Gasteiger partial charge in [0, 0.05) is 20.4 Å². The van der Waals surface area contributed by atoms with E-state index in [0.717, 1.165) is 50.3 Å². The number of ether oxygens (including phenoxy) is 1. The van der Waals surface area contributed by atoms with Crippen molar-refractivity contribution in [3.8, 4) is 0 Å². The Kier molecular flexibility index (Phi) is 6.96. The predicted molar refractivity (Wildman–Crippen MR) is 146 cm³/mol. The third-order valence-corrected chi connectivity index (χ3v) is 10.3. The van der Waals surface area contributed by atoms with Crippen molar-refractivity contribution in [3.05, 3.63) is 64.0 Å². The van der Waals surface area contributed by atoms with Crippen LogP contribution in [0.25, 0.3) is 4.85 Å². The minimum Gasteiger partial charge on any atom is -0.359 e. The lowest BCUT2D eigenvalue weighted by molar-refractivity contribution is 0.0792. The second-order valence-electron chi connectivity index (χ2n) is 11.0. The molecule has 0 bridgehead atoms. The van der Waals surface area contributed by atoms with Crippen molar-refractivity contribution in [2.75, 3.05) is 11.9 Å². The van der Waals surface area contributed by atoms with Gasteiger partial charge in [0.2, 0.25) is 15.8 Å². The van der Waals surface area contributed by atoms with Gasteiger partial charge in [-0.05, 0) is 66.8 Å². The normalized spacial score (nSPS) is 14.9. The number of benzene rings is 2. The number of aryl methyl sites for hydroxylation is 2. The third-order valence-electron chi connectivity index (χ3n) is 7.09. The number of anilines is 2. The second kappa shape index (κ2) is 10.0. The Morgan fingerprint density at radius 1 is 1.05 bits per heavy atom. The highest BCUT2D eigenvalue weighted by Crippen LogP contribution is 2.40. The maximum atomic E-state index is 13.4. The zero-order valence-corrected chi connectivity index (χ0v) is 23.5. The third kappa shape index (κ3) is 5.35. The van der Waals surface area contributed by atoms with Crippen LogP contribution >= 0.6 is 0 Å². The van der Waals surface area contributed by atoms with E-state index in [-0.39, 0.29) is 16.8 Å². The minimum absolute atomic E-state index is 0.0599. The highest BCUT2D eigenvalue weighted by atomic mass is 32.2. The first kappa shape index (κ1) is 25.6. The molecule has 0 amide bonds. The number of nitrogens with one attached hydrogen (secondary N) is 1. The van der Waals surface area contributed by atoms with E-state index in [1.54, 1.807) is 0 Å². The molecule has 0 saturated heterocycles. The van der Waals surface area contributed by atoms with Gasteiger partial charge in [-0.15, -0.1) is 5.10 Å². The number of hydrogen-bond donors (Lipinski definition) is 1. The van der Waals surface area contributed by atoms with Gasteiger partial charge in [0.05, 0.1) is 11.5 Å². The van der Waals surface area contributed by atoms with Crippen LogP contribution in [-0.2, 0) is 47.0 Å². The molecule has 0 radical (unpaired) electrons. The average Bonchev–Trinajstić information content (AvgIpc) is 3.61. The van der Waals surface area contributed by atoms with E-state index in [9.17, 15) is 8.42 Å².